The summed E-state index contributed by atoms with van der Waals surface area (Å²) in [6.45, 7) is 13.9. The minimum absolute atomic E-state index is 0. The third-order valence-electron chi connectivity index (χ3n) is 2.63. The molecule has 1 radical (unpaired) electrons. The van der Waals surface area contributed by atoms with Gasteiger partial charge in [0.15, 0.2) is 0 Å². The normalized spacial score (nSPS) is 11.2. The third-order valence-corrected chi connectivity index (χ3v) is 6.20. The summed E-state index contributed by atoms with van der Waals surface area (Å²) in [5.74, 6) is 1.65. The first kappa shape index (κ1) is 44.1. The van der Waals surface area contributed by atoms with Crippen LogP contribution in [0.25, 0.3) is 17.2 Å². The van der Waals surface area contributed by atoms with Crippen LogP contribution in [0.1, 0.15) is 41.5 Å². The van der Waals surface area contributed by atoms with Gasteiger partial charge in [0, 0.05) is 0 Å². The molecule has 0 aliphatic heterocycles. The second-order valence-corrected chi connectivity index (χ2v) is 12.8. The van der Waals surface area contributed by atoms with Gasteiger partial charge in [-0.1, -0.05) is 59.3 Å². The topological polar surface area (TPSA) is 71.4 Å². The van der Waals surface area contributed by atoms with Gasteiger partial charge in [-0.25, -0.2) is 12.1 Å². The summed E-state index contributed by atoms with van der Waals surface area (Å²) in [6.07, 6.45) is 0. The van der Waals surface area contributed by atoms with Crippen LogP contribution in [-0.4, -0.2) is 49.0 Å². The van der Waals surface area contributed by atoms with Crippen molar-refractivity contribution in [1.29, 1.82) is 0 Å². The van der Waals surface area contributed by atoms with Crippen LogP contribution in [0.4, 0.5) is 39.5 Å². The number of hydrogen-bond donors (Lipinski definition) is 0. The van der Waals surface area contributed by atoms with Crippen molar-refractivity contribution in [2.45, 2.75) is 56.6 Å². The Kier molecular flexibility index (Phi) is 30.4. The monoisotopic (exact) mass is 652 g/mol. The summed E-state index contributed by atoms with van der Waals surface area (Å²) < 4.78 is 102. The predicted octanol–water partition coefficient (Wildman–Crippen LogP) is 9.27. The van der Waals surface area contributed by atoms with Crippen molar-refractivity contribution in [2.24, 2.45) is 17.8 Å². The van der Waals surface area contributed by atoms with Crippen LogP contribution in [0, 0.1) is 17.8 Å². The van der Waals surface area contributed by atoms with E-state index in [9.17, 15) is 39.5 Å². The molecule has 3 nitrogen and oxygen atoms in total. The molecule has 0 heterocycles. The Morgan fingerprint density at radius 2 is 0.765 bits per heavy atom. The van der Waals surface area contributed by atoms with E-state index in [0.29, 0.717) is 37.4 Å². The average molecular weight is 652 g/mol. The zero-order valence-electron chi connectivity index (χ0n) is 20.1. The van der Waals surface area contributed by atoms with E-state index in [1.807, 2.05) is 71.9 Å². The zero-order valence-corrected chi connectivity index (χ0v) is 24.7. The van der Waals surface area contributed by atoms with Gasteiger partial charge in [-0.05, 0) is 0 Å². The van der Waals surface area contributed by atoms with Crippen LogP contribution in [0.3, 0.4) is 0 Å². The van der Waals surface area contributed by atoms with Gasteiger partial charge in [0.05, 0.1) is 0 Å². The minimum Gasteiger partial charge on any atom is -0.214 e. The summed E-state index contributed by atoms with van der Waals surface area (Å²) in [4.78, 5) is 0. The van der Waals surface area contributed by atoms with E-state index in [4.69, 9.17) is 17.2 Å². The maximum absolute atomic E-state index is 11.3. The maximum atomic E-state index is 11.3. The molecule has 0 saturated heterocycles. The van der Waals surface area contributed by atoms with Gasteiger partial charge in [-0.2, -0.15) is 18.2 Å². The number of halogens is 9. The van der Waals surface area contributed by atoms with Crippen molar-refractivity contribution in [3.05, 3.63) is 47.5 Å². The average Bonchev–Trinajstić information content (AvgIpc) is 3.19. The number of hydrogen-bond acceptors (Lipinski definition) is 0. The molecule has 0 aliphatic rings. The Balaban J connectivity index is -0.000000112. The van der Waals surface area contributed by atoms with Crippen molar-refractivity contribution >= 4 is 14.3 Å². The van der Waals surface area contributed by atoms with E-state index in [-0.39, 0.29) is 26.2 Å². The zero-order chi connectivity index (χ0) is 27.5. The first-order chi connectivity index (χ1) is 14.7. The van der Waals surface area contributed by atoms with E-state index in [0.717, 1.165) is 0 Å². The molecule has 0 aromatic heterocycles. The fourth-order valence-electron chi connectivity index (χ4n) is 0.803. The molecule has 0 spiro atoms. The van der Waals surface area contributed by atoms with Crippen LogP contribution in [0.5, 0.6) is 0 Å². The second-order valence-electron chi connectivity index (χ2n) is 7.62. The summed E-state index contributed by atoms with van der Waals surface area (Å²) >= 11 is -7.10. The largest absolute Gasteiger partial charge is 4.00 e. The molecule has 1 aromatic carbocycles. The molecule has 0 unspecified atom stereocenters. The SMILES string of the molecule is CC(C)C[NH-].CC(C)C[NH-].CC(C)C[NH-].F[C](F)(F)[Ge]([C](F)(F)F)[C](F)(F)F.[Zr+4].c1cc[cH-]c1. The fraction of sp³-hybridized carbons (Fsp3) is 0.750. The van der Waals surface area contributed by atoms with Gasteiger partial charge < -0.3 is 17.2 Å². The first-order valence-electron chi connectivity index (χ1n) is 9.87. The molecule has 34 heavy (non-hydrogen) atoms. The van der Waals surface area contributed by atoms with Crippen LogP contribution >= 0.6 is 0 Å². The van der Waals surface area contributed by atoms with Gasteiger partial charge in [-0.3, -0.25) is 0 Å². The van der Waals surface area contributed by atoms with Gasteiger partial charge in [0.25, 0.3) is 0 Å². The second kappa shape index (κ2) is 23.4. The Hall–Kier alpha value is 0.0260. The Bertz CT molecular complexity index is 435. The molecule has 0 fully saturated rings. The van der Waals surface area contributed by atoms with Gasteiger partial charge >= 0.3 is 95.1 Å². The molecule has 0 saturated carbocycles. The molecule has 0 aliphatic carbocycles. The smallest absolute Gasteiger partial charge is 0.214 e. The Morgan fingerprint density at radius 3 is 0.794 bits per heavy atom. The molecule has 1 rings (SSSR count). The summed E-state index contributed by atoms with van der Waals surface area (Å²) in [5, 5.41) is -18.6. The standard InChI is InChI=1S/C5H5.3C4H10N.C3F9Ge.Zr/c1-2-4-5-3-1;3*1-4(2)3-5;4-1(5,6)13(2(7,8)9)3(10,11)12;/h1-5H;3*4-5H,3H2,1-2H3;;/q4*-1;;+4. The van der Waals surface area contributed by atoms with Crippen molar-refractivity contribution in [3.63, 3.8) is 0 Å². The molecule has 201 valence electrons. The maximum Gasteiger partial charge on any atom is 4.00 e. The molecule has 0 bridgehead atoms. The van der Waals surface area contributed by atoms with Crippen molar-refractivity contribution in [2.75, 3.05) is 19.6 Å². The number of alkyl halides is 9. The van der Waals surface area contributed by atoms with Crippen molar-refractivity contribution in [3.8, 4) is 0 Å². The summed E-state index contributed by atoms with van der Waals surface area (Å²) in [7, 11) is 0. The van der Waals surface area contributed by atoms with E-state index in [1.54, 1.807) is 0 Å². The fourth-order valence-corrected chi connectivity index (χ4v) is 2.83. The van der Waals surface area contributed by atoms with Gasteiger partial charge in [0.2, 0.25) is 0 Å². The number of nitrogens with one attached hydrogen (secondary N) is 3. The predicted molar refractivity (Wildman–Crippen MR) is 118 cm³/mol. The Labute approximate surface area is 221 Å². The Morgan fingerprint density at radius 1 is 0.588 bits per heavy atom. The van der Waals surface area contributed by atoms with Crippen LogP contribution < -0.4 is 0 Å². The van der Waals surface area contributed by atoms with E-state index in [2.05, 4.69) is 0 Å². The van der Waals surface area contributed by atoms with Crippen molar-refractivity contribution < 1.29 is 65.7 Å². The van der Waals surface area contributed by atoms with Crippen molar-refractivity contribution in [1.82, 2.24) is 0 Å². The molecular weight excluding hydrogens is 617 g/mol. The molecule has 3 N–H and O–H groups in total. The van der Waals surface area contributed by atoms with Gasteiger partial charge in [0.1, 0.15) is 0 Å². The van der Waals surface area contributed by atoms with Crippen LogP contribution in [-0.2, 0) is 26.2 Å². The van der Waals surface area contributed by atoms with Crippen LogP contribution in [0.15, 0.2) is 30.3 Å². The molecule has 14 heteroatoms. The van der Waals surface area contributed by atoms with E-state index in [1.165, 1.54) is 0 Å². The molecule has 1 aromatic rings. The number of rotatable bonds is 3. The van der Waals surface area contributed by atoms with E-state index >= 15 is 0 Å². The summed E-state index contributed by atoms with van der Waals surface area (Å²) in [5.41, 5.74) is 20.0. The third kappa shape index (κ3) is 36.6. The molecule has 0 amide bonds. The molecule has 0 atom stereocenters. The minimum atomic E-state index is -7.10. The van der Waals surface area contributed by atoms with E-state index < -0.39 is 29.4 Å². The quantitative estimate of drug-likeness (QED) is 0.178. The molecular formula is C20H35F9GeN3Zr. The van der Waals surface area contributed by atoms with Gasteiger partial charge in [-0.15, -0.1) is 19.6 Å². The summed E-state index contributed by atoms with van der Waals surface area (Å²) in [6, 6.07) is 10.0. The first-order valence-corrected chi connectivity index (χ1v) is 13.0. The van der Waals surface area contributed by atoms with Crippen LogP contribution in [0.2, 0.25) is 0 Å².